The Bertz CT molecular complexity index is 323. The van der Waals surface area contributed by atoms with Crippen molar-refractivity contribution in [3.05, 3.63) is 0 Å². The van der Waals surface area contributed by atoms with Gasteiger partial charge in [-0.1, -0.05) is 0 Å². The first-order chi connectivity index (χ1) is 8.19. The zero-order valence-electron chi connectivity index (χ0n) is 11.9. The molecule has 0 spiro atoms. The van der Waals surface area contributed by atoms with Gasteiger partial charge in [-0.15, -0.1) is 0 Å². The predicted molar refractivity (Wildman–Crippen MR) is 69.2 cm³/mol. The van der Waals surface area contributed by atoms with Crippen molar-refractivity contribution >= 4 is 12.0 Å². The molecule has 2 atom stereocenters. The fraction of sp³-hybridized carbons (Fsp3) is 0.846. The van der Waals surface area contributed by atoms with Gasteiger partial charge in [-0.05, 0) is 40.0 Å². The lowest BCUT2D eigenvalue weighted by Gasteiger charge is -2.33. The molecule has 18 heavy (non-hydrogen) atoms. The molecule has 1 aliphatic rings. The van der Waals surface area contributed by atoms with Crippen molar-refractivity contribution in [1.82, 2.24) is 10.2 Å². The van der Waals surface area contributed by atoms with Gasteiger partial charge in [0.15, 0.2) is 0 Å². The van der Waals surface area contributed by atoms with E-state index in [-0.39, 0.29) is 17.9 Å². The van der Waals surface area contributed by atoms with Crippen molar-refractivity contribution in [3.8, 4) is 0 Å². The van der Waals surface area contributed by atoms with Crippen molar-refractivity contribution in [2.45, 2.75) is 52.2 Å². The van der Waals surface area contributed by atoms with Gasteiger partial charge in [-0.3, -0.25) is 4.79 Å². The average molecular weight is 256 g/mol. The molecule has 0 aromatic heterocycles. The van der Waals surface area contributed by atoms with E-state index in [4.69, 9.17) is 4.74 Å². The Morgan fingerprint density at radius 2 is 2.11 bits per heavy atom. The van der Waals surface area contributed by atoms with Gasteiger partial charge in [0.2, 0.25) is 5.91 Å². The van der Waals surface area contributed by atoms with Gasteiger partial charge < -0.3 is 15.0 Å². The quantitative estimate of drug-likeness (QED) is 0.819. The molecule has 0 aliphatic carbocycles. The molecule has 0 bridgehead atoms. The normalized spacial score (nSPS) is 22.6. The van der Waals surface area contributed by atoms with Gasteiger partial charge in [0.25, 0.3) is 0 Å². The summed E-state index contributed by atoms with van der Waals surface area (Å²) in [6.45, 7) is 8.17. The number of nitrogens with zero attached hydrogens (tertiary/aromatic N) is 1. The average Bonchev–Trinajstić information content (AvgIpc) is 2.18. The van der Waals surface area contributed by atoms with E-state index in [0.29, 0.717) is 6.42 Å². The number of carbonyl (C=O) groups excluding carboxylic acids is 2. The topological polar surface area (TPSA) is 58.6 Å². The molecule has 0 radical (unpaired) electrons. The molecule has 0 saturated carbocycles. The summed E-state index contributed by atoms with van der Waals surface area (Å²) in [4.78, 5) is 25.0. The van der Waals surface area contributed by atoms with Crippen LogP contribution in [0.2, 0.25) is 0 Å². The molecule has 1 heterocycles. The minimum Gasteiger partial charge on any atom is -0.444 e. The van der Waals surface area contributed by atoms with Crippen LogP contribution >= 0.6 is 0 Å². The van der Waals surface area contributed by atoms with E-state index < -0.39 is 11.7 Å². The molecule has 2 unspecified atom stereocenters. The molecule has 1 aliphatic heterocycles. The van der Waals surface area contributed by atoms with Crippen molar-refractivity contribution in [2.24, 2.45) is 5.92 Å². The van der Waals surface area contributed by atoms with Crippen LogP contribution in [-0.2, 0) is 9.53 Å². The standard InChI is InChI=1S/C13H24N2O3/c1-9(14-12(17)18-13(2,3)4)10-6-7-15(5)11(16)8-10/h9-10H,6-8H2,1-5H3,(H,14,17). The summed E-state index contributed by atoms with van der Waals surface area (Å²) in [5.41, 5.74) is -0.494. The van der Waals surface area contributed by atoms with Crippen molar-refractivity contribution in [3.63, 3.8) is 0 Å². The summed E-state index contributed by atoms with van der Waals surface area (Å²) < 4.78 is 5.20. The molecule has 1 fully saturated rings. The molecule has 0 aromatic rings. The van der Waals surface area contributed by atoms with Gasteiger partial charge in [0.1, 0.15) is 5.60 Å². The zero-order valence-corrected chi connectivity index (χ0v) is 11.9. The molecule has 2 amide bonds. The van der Waals surface area contributed by atoms with E-state index in [1.165, 1.54) is 0 Å². The highest BCUT2D eigenvalue weighted by Crippen LogP contribution is 2.21. The lowest BCUT2D eigenvalue weighted by molar-refractivity contribution is -0.133. The first-order valence-electron chi connectivity index (χ1n) is 6.42. The third-order valence-corrected chi connectivity index (χ3v) is 3.15. The highest BCUT2D eigenvalue weighted by Gasteiger charge is 2.29. The van der Waals surface area contributed by atoms with Crippen molar-refractivity contribution in [2.75, 3.05) is 13.6 Å². The van der Waals surface area contributed by atoms with Crippen molar-refractivity contribution in [1.29, 1.82) is 0 Å². The maximum atomic E-state index is 11.6. The number of likely N-dealkylation sites (tertiary alicyclic amines) is 1. The Morgan fingerprint density at radius 3 is 2.61 bits per heavy atom. The van der Waals surface area contributed by atoms with E-state index in [1.807, 2.05) is 34.7 Å². The first-order valence-corrected chi connectivity index (χ1v) is 6.42. The molecular weight excluding hydrogens is 232 g/mol. The summed E-state index contributed by atoms with van der Waals surface area (Å²) in [6.07, 6.45) is 0.994. The Morgan fingerprint density at radius 1 is 1.50 bits per heavy atom. The smallest absolute Gasteiger partial charge is 0.407 e. The summed E-state index contributed by atoms with van der Waals surface area (Å²) in [5, 5.41) is 2.81. The predicted octanol–water partition coefficient (Wildman–Crippen LogP) is 1.77. The highest BCUT2D eigenvalue weighted by atomic mass is 16.6. The number of hydrogen-bond acceptors (Lipinski definition) is 3. The first kappa shape index (κ1) is 14.8. The second-order valence-electron chi connectivity index (χ2n) is 6.00. The number of alkyl carbamates (subject to hydrolysis) is 1. The van der Waals surface area contributed by atoms with Crippen LogP contribution in [0.25, 0.3) is 0 Å². The Kier molecular flexibility index (Phi) is 4.59. The fourth-order valence-electron chi connectivity index (χ4n) is 2.00. The summed E-state index contributed by atoms with van der Waals surface area (Å²) in [7, 11) is 1.81. The van der Waals surface area contributed by atoms with Gasteiger partial charge in [0, 0.05) is 26.1 Å². The molecule has 0 aromatic carbocycles. The number of ether oxygens (including phenoxy) is 1. The number of rotatable bonds is 2. The van der Waals surface area contributed by atoms with Gasteiger partial charge >= 0.3 is 6.09 Å². The molecule has 5 heteroatoms. The third-order valence-electron chi connectivity index (χ3n) is 3.15. The number of piperidine rings is 1. The van der Waals surface area contributed by atoms with E-state index in [0.717, 1.165) is 13.0 Å². The number of nitrogens with one attached hydrogen (secondary N) is 1. The minimum absolute atomic E-state index is 0.0440. The summed E-state index contributed by atoms with van der Waals surface area (Å²) >= 11 is 0. The van der Waals surface area contributed by atoms with Crippen LogP contribution in [0.4, 0.5) is 4.79 Å². The van der Waals surface area contributed by atoms with Crippen LogP contribution in [-0.4, -0.2) is 42.1 Å². The molecule has 1 rings (SSSR count). The number of amides is 2. The van der Waals surface area contributed by atoms with Crippen molar-refractivity contribution < 1.29 is 14.3 Å². The molecule has 104 valence electrons. The lowest BCUT2D eigenvalue weighted by Crippen LogP contribution is -2.46. The van der Waals surface area contributed by atoms with Gasteiger partial charge in [-0.2, -0.15) is 0 Å². The summed E-state index contributed by atoms with van der Waals surface area (Å²) in [6, 6.07) is -0.0440. The molecule has 5 nitrogen and oxygen atoms in total. The molecular formula is C13H24N2O3. The number of hydrogen-bond donors (Lipinski definition) is 1. The largest absolute Gasteiger partial charge is 0.444 e. The van der Waals surface area contributed by atoms with E-state index in [1.54, 1.807) is 4.90 Å². The van der Waals surface area contributed by atoms with Crippen LogP contribution in [0, 0.1) is 5.92 Å². The second-order valence-corrected chi connectivity index (χ2v) is 6.00. The van der Waals surface area contributed by atoms with Crippen LogP contribution in [0.1, 0.15) is 40.5 Å². The van der Waals surface area contributed by atoms with E-state index >= 15 is 0 Å². The maximum Gasteiger partial charge on any atom is 0.407 e. The van der Waals surface area contributed by atoms with Crippen LogP contribution in [0.5, 0.6) is 0 Å². The summed E-state index contributed by atoms with van der Waals surface area (Å²) in [5.74, 6) is 0.338. The van der Waals surface area contributed by atoms with Gasteiger partial charge in [0.05, 0.1) is 0 Å². The minimum atomic E-state index is -0.494. The van der Waals surface area contributed by atoms with Crippen LogP contribution in [0.3, 0.4) is 0 Å². The molecule has 1 N–H and O–H groups in total. The maximum absolute atomic E-state index is 11.6. The Balaban J connectivity index is 2.43. The monoisotopic (exact) mass is 256 g/mol. The van der Waals surface area contributed by atoms with E-state index in [2.05, 4.69) is 5.32 Å². The van der Waals surface area contributed by atoms with E-state index in [9.17, 15) is 9.59 Å². The Hall–Kier alpha value is -1.26. The zero-order chi connectivity index (χ0) is 13.9. The fourth-order valence-corrected chi connectivity index (χ4v) is 2.00. The Labute approximate surface area is 109 Å². The van der Waals surface area contributed by atoms with Gasteiger partial charge in [-0.25, -0.2) is 4.79 Å². The van der Waals surface area contributed by atoms with Crippen LogP contribution < -0.4 is 5.32 Å². The third kappa shape index (κ3) is 4.55. The van der Waals surface area contributed by atoms with Crippen LogP contribution in [0.15, 0.2) is 0 Å². The number of carbonyl (C=O) groups is 2. The second kappa shape index (κ2) is 5.59. The molecule has 1 saturated heterocycles. The SMILES string of the molecule is CC(NC(=O)OC(C)(C)C)C1CCN(C)C(=O)C1. The lowest BCUT2D eigenvalue weighted by atomic mass is 9.90. The highest BCUT2D eigenvalue weighted by molar-refractivity contribution is 5.77.